The van der Waals surface area contributed by atoms with Crippen LogP contribution in [0.1, 0.15) is 30.9 Å². The molecule has 1 aromatic rings. The van der Waals surface area contributed by atoms with E-state index >= 15 is 0 Å². The van der Waals surface area contributed by atoms with Gasteiger partial charge >= 0.3 is 0 Å². The molecule has 0 bridgehead atoms. The van der Waals surface area contributed by atoms with Crippen LogP contribution >= 0.6 is 11.8 Å². The lowest BCUT2D eigenvalue weighted by Crippen LogP contribution is -2.41. The maximum Gasteiger partial charge on any atom is 0.191 e. The smallest absolute Gasteiger partial charge is 0.191 e. The van der Waals surface area contributed by atoms with Crippen molar-refractivity contribution >= 4 is 17.7 Å². The van der Waals surface area contributed by atoms with Gasteiger partial charge in [-0.05, 0) is 61.4 Å². The van der Waals surface area contributed by atoms with Gasteiger partial charge < -0.3 is 15.5 Å². The molecular formula is C19H31FN4S. The van der Waals surface area contributed by atoms with Crippen molar-refractivity contribution in [2.24, 2.45) is 10.9 Å². The number of hydrogen-bond acceptors (Lipinski definition) is 3. The Morgan fingerprint density at radius 3 is 2.72 bits per heavy atom. The molecule has 0 saturated carbocycles. The molecule has 0 radical (unpaired) electrons. The van der Waals surface area contributed by atoms with Crippen LogP contribution in [0, 0.1) is 11.7 Å². The van der Waals surface area contributed by atoms with Crippen molar-refractivity contribution in [3.63, 3.8) is 0 Å². The first-order valence-corrected chi connectivity index (χ1v) is 10.4. The SMILES string of the molecule is CN=C(NCc1ccc(F)cc1CSC)NCC(C)CN1CCCC1. The highest BCUT2D eigenvalue weighted by Gasteiger charge is 2.14. The summed E-state index contributed by atoms with van der Waals surface area (Å²) in [5.74, 6) is 2.02. The molecule has 1 saturated heterocycles. The Kier molecular flexibility index (Phi) is 8.55. The molecule has 2 N–H and O–H groups in total. The molecule has 25 heavy (non-hydrogen) atoms. The van der Waals surface area contributed by atoms with E-state index in [1.54, 1.807) is 24.9 Å². The van der Waals surface area contributed by atoms with Gasteiger partial charge in [-0.2, -0.15) is 11.8 Å². The molecule has 1 heterocycles. The zero-order valence-corrected chi connectivity index (χ0v) is 16.5. The lowest BCUT2D eigenvalue weighted by molar-refractivity contribution is 0.287. The zero-order chi connectivity index (χ0) is 18.1. The van der Waals surface area contributed by atoms with Crippen LogP contribution in [0.5, 0.6) is 0 Å². The van der Waals surface area contributed by atoms with Gasteiger partial charge in [-0.1, -0.05) is 13.0 Å². The topological polar surface area (TPSA) is 39.7 Å². The van der Waals surface area contributed by atoms with Crippen molar-refractivity contribution in [2.75, 3.05) is 39.5 Å². The average Bonchev–Trinajstić information content (AvgIpc) is 3.09. The number of hydrogen-bond donors (Lipinski definition) is 2. The van der Waals surface area contributed by atoms with Crippen LogP contribution in [-0.4, -0.2) is 50.3 Å². The molecule has 1 atom stereocenters. The van der Waals surface area contributed by atoms with Crippen LogP contribution in [0.2, 0.25) is 0 Å². The molecule has 140 valence electrons. The van der Waals surface area contributed by atoms with Crippen LogP contribution in [0.3, 0.4) is 0 Å². The van der Waals surface area contributed by atoms with E-state index in [-0.39, 0.29) is 5.82 Å². The van der Waals surface area contributed by atoms with Crippen molar-refractivity contribution in [3.8, 4) is 0 Å². The Hall–Kier alpha value is -1.27. The van der Waals surface area contributed by atoms with E-state index < -0.39 is 0 Å². The summed E-state index contributed by atoms with van der Waals surface area (Å²) in [4.78, 5) is 6.84. The van der Waals surface area contributed by atoms with E-state index in [1.807, 2.05) is 12.3 Å². The van der Waals surface area contributed by atoms with Crippen LogP contribution < -0.4 is 10.6 Å². The highest BCUT2D eigenvalue weighted by atomic mass is 32.2. The third-order valence-corrected chi connectivity index (χ3v) is 5.12. The van der Waals surface area contributed by atoms with Gasteiger partial charge in [0.05, 0.1) is 0 Å². The summed E-state index contributed by atoms with van der Waals surface area (Å²) in [7, 11) is 1.79. The Morgan fingerprint density at radius 2 is 2.04 bits per heavy atom. The van der Waals surface area contributed by atoms with Gasteiger partial charge in [0, 0.05) is 32.4 Å². The van der Waals surface area contributed by atoms with Crippen molar-refractivity contribution in [3.05, 3.63) is 35.1 Å². The predicted molar refractivity (Wildman–Crippen MR) is 107 cm³/mol. The Bertz CT molecular complexity index is 558. The Morgan fingerprint density at radius 1 is 1.28 bits per heavy atom. The lowest BCUT2D eigenvalue weighted by Gasteiger charge is -2.21. The molecule has 0 aliphatic carbocycles. The number of nitrogens with one attached hydrogen (secondary N) is 2. The molecule has 1 unspecified atom stereocenters. The van der Waals surface area contributed by atoms with Crippen LogP contribution in [0.4, 0.5) is 4.39 Å². The summed E-state index contributed by atoms with van der Waals surface area (Å²) in [6.45, 7) is 7.43. The summed E-state index contributed by atoms with van der Waals surface area (Å²) >= 11 is 1.70. The molecule has 0 aromatic heterocycles. The molecular weight excluding hydrogens is 335 g/mol. The number of likely N-dealkylation sites (tertiary alicyclic amines) is 1. The van der Waals surface area contributed by atoms with E-state index in [9.17, 15) is 4.39 Å². The molecule has 1 aliphatic rings. The second-order valence-corrected chi connectivity index (χ2v) is 7.63. The molecule has 1 fully saturated rings. The van der Waals surface area contributed by atoms with Crippen molar-refractivity contribution < 1.29 is 4.39 Å². The minimum atomic E-state index is -0.175. The highest BCUT2D eigenvalue weighted by molar-refractivity contribution is 7.97. The molecule has 4 nitrogen and oxygen atoms in total. The van der Waals surface area contributed by atoms with Gasteiger partial charge in [0.25, 0.3) is 0 Å². The van der Waals surface area contributed by atoms with E-state index in [2.05, 4.69) is 27.4 Å². The van der Waals surface area contributed by atoms with Gasteiger partial charge in [-0.25, -0.2) is 4.39 Å². The number of halogens is 1. The standard InChI is InChI=1S/C19H31FN4S/c1-15(13-24-8-4-5-9-24)11-22-19(21-2)23-12-16-6-7-18(20)10-17(16)14-25-3/h6-7,10,15H,4-5,8-9,11-14H2,1-3H3,(H2,21,22,23). The largest absolute Gasteiger partial charge is 0.356 e. The fraction of sp³-hybridized carbons (Fsp3) is 0.632. The highest BCUT2D eigenvalue weighted by Crippen LogP contribution is 2.16. The third-order valence-electron chi connectivity index (χ3n) is 4.52. The normalized spacial score (nSPS) is 16.9. The first-order chi connectivity index (χ1) is 12.1. The van der Waals surface area contributed by atoms with Crippen LogP contribution in [0.15, 0.2) is 23.2 Å². The number of rotatable bonds is 8. The monoisotopic (exact) mass is 366 g/mol. The minimum absolute atomic E-state index is 0.175. The maximum absolute atomic E-state index is 13.4. The van der Waals surface area contributed by atoms with Gasteiger partial charge in [-0.3, -0.25) is 4.99 Å². The Labute approximate surface area is 155 Å². The van der Waals surface area contributed by atoms with Crippen molar-refractivity contribution in [2.45, 2.75) is 32.1 Å². The fourth-order valence-corrected chi connectivity index (χ4v) is 3.78. The molecule has 1 aliphatic heterocycles. The number of thioether (sulfide) groups is 1. The summed E-state index contributed by atoms with van der Waals surface area (Å²) in [6, 6.07) is 5.01. The van der Waals surface area contributed by atoms with Gasteiger partial charge in [0.15, 0.2) is 5.96 Å². The number of guanidine groups is 1. The van der Waals surface area contributed by atoms with Gasteiger partial charge in [-0.15, -0.1) is 0 Å². The molecule has 0 amide bonds. The second kappa shape index (κ2) is 10.7. The zero-order valence-electron chi connectivity index (χ0n) is 15.6. The van der Waals surface area contributed by atoms with E-state index in [1.165, 1.54) is 32.0 Å². The predicted octanol–water partition coefficient (Wildman–Crippen LogP) is 3.09. The number of aliphatic imine (C=N–C) groups is 1. The Balaban J connectivity index is 1.80. The summed E-state index contributed by atoms with van der Waals surface area (Å²) in [5.41, 5.74) is 2.15. The number of nitrogens with zero attached hydrogens (tertiary/aromatic N) is 2. The lowest BCUT2D eigenvalue weighted by atomic mass is 10.1. The summed E-state index contributed by atoms with van der Waals surface area (Å²) < 4.78 is 13.4. The maximum atomic E-state index is 13.4. The molecule has 2 rings (SSSR count). The number of benzene rings is 1. The molecule has 6 heteroatoms. The second-order valence-electron chi connectivity index (χ2n) is 6.77. The van der Waals surface area contributed by atoms with Gasteiger partial charge in [0.1, 0.15) is 5.82 Å². The first-order valence-electron chi connectivity index (χ1n) is 9.05. The molecule has 1 aromatic carbocycles. The van der Waals surface area contributed by atoms with Crippen molar-refractivity contribution in [1.82, 2.24) is 15.5 Å². The van der Waals surface area contributed by atoms with Crippen LogP contribution in [-0.2, 0) is 12.3 Å². The molecule has 0 spiro atoms. The summed E-state index contributed by atoms with van der Waals surface area (Å²) in [5, 5.41) is 6.76. The van der Waals surface area contributed by atoms with Crippen LogP contribution in [0.25, 0.3) is 0 Å². The average molecular weight is 367 g/mol. The minimum Gasteiger partial charge on any atom is -0.356 e. The quantitative estimate of drug-likeness (QED) is 0.548. The summed E-state index contributed by atoms with van der Waals surface area (Å²) in [6.07, 6.45) is 4.70. The fourth-order valence-electron chi connectivity index (χ4n) is 3.20. The van der Waals surface area contributed by atoms with E-state index in [0.29, 0.717) is 12.5 Å². The van der Waals surface area contributed by atoms with E-state index in [0.717, 1.165) is 35.9 Å². The van der Waals surface area contributed by atoms with E-state index in [4.69, 9.17) is 0 Å². The third kappa shape index (κ3) is 6.86. The first kappa shape index (κ1) is 20.0. The van der Waals surface area contributed by atoms with Gasteiger partial charge in [0.2, 0.25) is 0 Å². The van der Waals surface area contributed by atoms with Crippen molar-refractivity contribution in [1.29, 1.82) is 0 Å².